The highest BCUT2D eigenvalue weighted by Crippen LogP contribution is 2.29. The molecule has 2 rings (SSSR count). The van der Waals surface area contributed by atoms with E-state index in [2.05, 4.69) is 30.2 Å². The zero-order valence-corrected chi connectivity index (χ0v) is 13.6. The molecule has 0 aliphatic carbocycles. The fourth-order valence-corrected chi connectivity index (χ4v) is 2.68. The van der Waals surface area contributed by atoms with E-state index < -0.39 is 0 Å². The van der Waals surface area contributed by atoms with Crippen LogP contribution in [0, 0.1) is 0 Å². The third kappa shape index (κ3) is 4.44. The Hall–Kier alpha value is -1.59. The summed E-state index contributed by atoms with van der Waals surface area (Å²) in [4.78, 5) is 4.54. The Bertz CT molecular complexity index is 569. The third-order valence-electron chi connectivity index (χ3n) is 3.14. The van der Waals surface area contributed by atoms with E-state index in [1.54, 1.807) is 18.4 Å². The molecule has 0 radical (unpaired) electrons. The molecule has 4 nitrogen and oxygen atoms in total. The summed E-state index contributed by atoms with van der Waals surface area (Å²) in [7, 11) is 1.67. The summed E-state index contributed by atoms with van der Waals surface area (Å²) in [6, 6.07) is 6.05. The Morgan fingerprint density at radius 2 is 2.10 bits per heavy atom. The van der Waals surface area contributed by atoms with E-state index in [0.29, 0.717) is 6.61 Å². The summed E-state index contributed by atoms with van der Waals surface area (Å²) < 4.78 is 11.2. The van der Waals surface area contributed by atoms with Gasteiger partial charge in [0.25, 0.3) is 0 Å². The fourth-order valence-electron chi connectivity index (χ4n) is 1.93. The smallest absolute Gasteiger partial charge is 0.161 e. The van der Waals surface area contributed by atoms with Crippen LogP contribution in [-0.4, -0.2) is 18.6 Å². The normalized spacial score (nSPS) is 10.6. The van der Waals surface area contributed by atoms with Crippen LogP contribution in [0.4, 0.5) is 0 Å². The number of benzene rings is 1. The maximum absolute atomic E-state index is 5.83. The molecule has 0 aliphatic rings. The number of hydrogen-bond acceptors (Lipinski definition) is 5. The molecule has 0 aliphatic heterocycles. The van der Waals surface area contributed by atoms with Crippen molar-refractivity contribution < 1.29 is 9.47 Å². The van der Waals surface area contributed by atoms with E-state index in [-0.39, 0.29) is 0 Å². The zero-order chi connectivity index (χ0) is 15.1. The highest BCUT2D eigenvalue weighted by Gasteiger charge is 2.07. The van der Waals surface area contributed by atoms with Gasteiger partial charge in [0.2, 0.25) is 0 Å². The lowest BCUT2D eigenvalue weighted by atomic mass is 10.1. The molecule has 21 heavy (non-hydrogen) atoms. The number of ether oxygens (including phenoxy) is 2. The Morgan fingerprint density at radius 3 is 2.81 bits per heavy atom. The number of nitrogens with one attached hydrogen (secondary N) is 1. The molecule has 1 N–H and O–H groups in total. The van der Waals surface area contributed by atoms with Crippen LogP contribution >= 0.6 is 11.3 Å². The van der Waals surface area contributed by atoms with Gasteiger partial charge in [-0.25, -0.2) is 4.98 Å². The molecule has 0 fully saturated rings. The highest BCUT2D eigenvalue weighted by atomic mass is 32.1. The maximum atomic E-state index is 5.83. The van der Waals surface area contributed by atoms with Gasteiger partial charge in [-0.2, -0.15) is 0 Å². The average molecular weight is 306 g/mol. The monoisotopic (exact) mass is 306 g/mol. The van der Waals surface area contributed by atoms with Crippen molar-refractivity contribution in [3.63, 3.8) is 0 Å². The topological polar surface area (TPSA) is 43.4 Å². The second-order valence-corrected chi connectivity index (χ2v) is 5.58. The predicted octanol–water partition coefficient (Wildman–Crippen LogP) is 3.40. The van der Waals surface area contributed by atoms with Crippen LogP contribution in [0.3, 0.4) is 0 Å². The van der Waals surface area contributed by atoms with Gasteiger partial charge >= 0.3 is 0 Å². The number of aryl methyl sites for hydroxylation is 1. The molecule has 1 heterocycles. The number of nitrogens with zero attached hydrogens (tertiary/aromatic N) is 1. The molecule has 0 atom stereocenters. The Morgan fingerprint density at radius 1 is 1.24 bits per heavy atom. The number of thiazole rings is 1. The van der Waals surface area contributed by atoms with Crippen molar-refractivity contribution in [2.75, 3.05) is 13.7 Å². The number of aromatic nitrogens is 1. The highest BCUT2D eigenvalue weighted by molar-refractivity contribution is 7.09. The second-order valence-electron chi connectivity index (χ2n) is 4.64. The molecule has 0 saturated heterocycles. The number of methoxy groups -OCH3 is 1. The van der Waals surface area contributed by atoms with Crippen LogP contribution in [-0.2, 0) is 19.6 Å². The molecule has 1 aromatic heterocycles. The standard InChI is InChI=1S/C16H22N2O2S/c1-4-12-6-7-14(15(8-12)19-3)20-10-13-11-21-16(18-13)9-17-5-2/h6-8,11,17H,4-5,9-10H2,1-3H3. The van der Waals surface area contributed by atoms with Gasteiger partial charge in [-0.3, -0.25) is 0 Å². The first kappa shape index (κ1) is 15.8. The van der Waals surface area contributed by atoms with Gasteiger partial charge in [0.15, 0.2) is 11.5 Å². The minimum atomic E-state index is 0.463. The summed E-state index contributed by atoms with van der Waals surface area (Å²) in [6.07, 6.45) is 0.983. The van der Waals surface area contributed by atoms with Crippen LogP contribution in [0.5, 0.6) is 11.5 Å². The van der Waals surface area contributed by atoms with Gasteiger partial charge in [0, 0.05) is 11.9 Å². The van der Waals surface area contributed by atoms with Crippen LogP contribution in [0.2, 0.25) is 0 Å². The van der Waals surface area contributed by atoms with Crippen LogP contribution in [0.25, 0.3) is 0 Å². The van der Waals surface area contributed by atoms with Crippen LogP contribution in [0.15, 0.2) is 23.6 Å². The quantitative estimate of drug-likeness (QED) is 0.812. The number of rotatable bonds is 8. The fraction of sp³-hybridized carbons (Fsp3) is 0.438. The second kappa shape index (κ2) is 8.00. The van der Waals surface area contributed by atoms with Crippen molar-refractivity contribution in [1.82, 2.24) is 10.3 Å². The average Bonchev–Trinajstić information content (AvgIpc) is 2.98. The maximum Gasteiger partial charge on any atom is 0.161 e. The molecule has 1 aromatic carbocycles. The zero-order valence-electron chi connectivity index (χ0n) is 12.8. The van der Waals surface area contributed by atoms with Gasteiger partial charge in [-0.1, -0.05) is 19.9 Å². The predicted molar refractivity (Wildman–Crippen MR) is 86.2 cm³/mol. The lowest BCUT2D eigenvalue weighted by molar-refractivity contribution is 0.281. The first-order valence-corrected chi connectivity index (χ1v) is 8.08. The molecular formula is C16H22N2O2S. The SMILES string of the molecule is CCNCc1nc(COc2ccc(CC)cc2OC)cs1. The lowest BCUT2D eigenvalue weighted by Crippen LogP contribution is -2.11. The molecule has 0 unspecified atom stereocenters. The van der Waals surface area contributed by atoms with Gasteiger partial charge in [0.1, 0.15) is 11.6 Å². The molecule has 2 aromatic rings. The third-order valence-corrected chi connectivity index (χ3v) is 4.04. The summed E-state index contributed by atoms with van der Waals surface area (Å²) in [5.74, 6) is 1.54. The summed E-state index contributed by atoms with van der Waals surface area (Å²) in [6.45, 7) is 6.44. The molecular weight excluding hydrogens is 284 g/mol. The largest absolute Gasteiger partial charge is 0.493 e. The van der Waals surface area contributed by atoms with Crippen molar-refractivity contribution in [1.29, 1.82) is 0 Å². The van der Waals surface area contributed by atoms with Crippen LogP contribution in [0.1, 0.15) is 30.1 Å². The van der Waals surface area contributed by atoms with Crippen molar-refractivity contribution in [2.24, 2.45) is 0 Å². The summed E-state index contributed by atoms with van der Waals surface area (Å²) >= 11 is 1.66. The van der Waals surface area contributed by atoms with Gasteiger partial charge < -0.3 is 14.8 Å². The Balaban J connectivity index is 1.97. The van der Waals surface area contributed by atoms with Crippen LogP contribution < -0.4 is 14.8 Å². The molecule has 0 spiro atoms. The minimum Gasteiger partial charge on any atom is -0.493 e. The summed E-state index contributed by atoms with van der Waals surface area (Å²) in [5.41, 5.74) is 2.19. The minimum absolute atomic E-state index is 0.463. The van der Waals surface area contributed by atoms with E-state index in [0.717, 1.165) is 41.7 Å². The van der Waals surface area contributed by atoms with Gasteiger partial charge in [-0.05, 0) is 30.7 Å². The first-order valence-electron chi connectivity index (χ1n) is 7.20. The van der Waals surface area contributed by atoms with Crippen molar-refractivity contribution in [3.05, 3.63) is 39.8 Å². The lowest BCUT2D eigenvalue weighted by Gasteiger charge is -2.10. The van der Waals surface area contributed by atoms with Gasteiger partial charge in [0.05, 0.1) is 12.8 Å². The molecule has 0 bridgehead atoms. The van der Waals surface area contributed by atoms with Crippen molar-refractivity contribution >= 4 is 11.3 Å². The molecule has 5 heteroatoms. The van der Waals surface area contributed by atoms with Crippen molar-refractivity contribution in [3.8, 4) is 11.5 Å². The molecule has 0 amide bonds. The summed E-state index contributed by atoms with van der Waals surface area (Å²) in [5, 5.41) is 6.40. The van der Waals surface area contributed by atoms with E-state index in [9.17, 15) is 0 Å². The molecule has 0 saturated carbocycles. The Labute approximate surface area is 130 Å². The van der Waals surface area contributed by atoms with Gasteiger partial charge in [-0.15, -0.1) is 11.3 Å². The van der Waals surface area contributed by atoms with E-state index >= 15 is 0 Å². The first-order chi connectivity index (χ1) is 10.3. The van der Waals surface area contributed by atoms with E-state index in [1.165, 1.54) is 5.56 Å². The Kier molecular flexibility index (Phi) is 6.02. The van der Waals surface area contributed by atoms with E-state index in [1.807, 2.05) is 17.5 Å². The molecule has 114 valence electrons. The number of hydrogen-bond donors (Lipinski definition) is 1. The van der Waals surface area contributed by atoms with E-state index in [4.69, 9.17) is 9.47 Å². The van der Waals surface area contributed by atoms with Crippen molar-refractivity contribution in [2.45, 2.75) is 33.4 Å².